The molecule has 2 rings (SSSR count). The third kappa shape index (κ3) is 2.01. The molecule has 0 radical (unpaired) electrons. The molecule has 2 saturated carbocycles. The molecule has 0 amide bonds. The minimum atomic E-state index is -0.947. The quantitative estimate of drug-likeness (QED) is 0.585. The summed E-state index contributed by atoms with van der Waals surface area (Å²) >= 11 is 0. The fourth-order valence-corrected chi connectivity index (χ4v) is 3.72. The molecule has 0 unspecified atom stereocenters. The number of carbonyl (C=O) groups is 1. The second-order valence-corrected chi connectivity index (χ2v) is 6.08. The minimum absolute atomic E-state index is 0.120. The van der Waals surface area contributed by atoms with Gasteiger partial charge in [0, 0.05) is 11.0 Å². The van der Waals surface area contributed by atoms with Crippen LogP contribution in [0.15, 0.2) is 24.3 Å². The number of aliphatic hydroxyl groups is 1. The first-order chi connectivity index (χ1) is 8.36. The lowest BCUT2D eigenvalue weighted by atomic mass is 9.55. The first-order valence-corrected chi connectivity index (χ1v) is 6.64. The summed E-state index contributed by atoms with van der Waals surface area (Å²) in [6.45, 7) is 9.90. The molecule has 0 aromatic carbocycles. The van der Waals surface area contributed by atoms with E-state index >= 15 is 0 Å². The van der Waals surface area contributed by atoms with Crippen LogP contribution in [0.25, 0.3) is 0 Å². The van der Waals surface area contributed by atoms with E-state index in [0.717, 1.165) is 25.7 Å². The molecule has 0 bridgehead atoms. The Bertz CT molecular complexity index is 399. The number of hydrogen-bond acceptors (Lipinski definition) is 2. The summed E-state index contributed by atoms with van der Waals surface area (Å²) in [5.74, 6) is -0.834. The minimum Gasteiger partial charge on any atom is -0.478 e. The van der Waals surface area contributed by atoms with E-state index in [0.29, 0.717) is 6.42 Å². The highest BCUT2D eigenvalue weighted by atomic mass is 16.4. The lowest BCUT2D eigenvalue weighted by molar-refractivity contribution is -0.134. The van der Waals surface area contributed by atoms with Crippen LogP contribution in [0, 0.1) is 17.3 Å². The third-order valence-electron chi connectivity index (χ3n) is 5.06. The van der Waals surface area contributed by atoms with E-state index in [1.54, 1.807) is 0 Å². The molecule has 2 N–H and O–H groups in total. The molecule has 3 nitrogen and oxygen atoms in total. The van der Waals surface area contributed by atoms with E-state index in [9.17, 15) is 9.90 Å². The van der Waals surface area contributed by atoms with E-state index in [2.05, 4.69) is 20.1 Å². The van der Waals surface area contributed by atoms with Gasteiger partial charge < -0.3 is 10.2 Å². The summed E-state index contributed by atoms with van der Waals surface area (Å²) in [5, 5.41) is 19.5. The molecule has 2 aliphatic rings. The van der Waals surface area contributed by atoms with Crippen molar-refractivity contribution in [3.8, 4) is 0 Å². The molecular formula is C15H22O3. The SMILES string of the molecule is C=C(C(=O)O)[C@H]1C[C@@H]2C(=C)CCC[C@@]2(C)[C@@H](O)C1. The van der Waals surface area contributed by atoms with Gasteiger partial charge >= 0.3 is 5.97 Å². The maximum Gasteiger partial charge on any atom is 0.331 e. The number of aliphatic carboxylic acids is 1. The zero-order valence-electron chi connectivity index (χ0n) is 11.0. The summed E-state index contributed by atoms with van der Waals surface area (Å²) in [6, 6.07) is 0. The van der Waals surface area contributed by atoms with Crippen molar-refractivity contribution in [3.05, 3.63) is 24.3 Å². The van der Waals surface area contributed by atoms with Crippen molar-refractivity contribution in [2.45, 2.75) is 45.1 Å². The van der Waals surface area contributed by atoms with Crippen LogP contribution in [0.2, 0.25) is 0 Å². The van der Waals surface area contributed by atoms with Crippen molar-refractivity contribution in [2.24, 2.45) is 17.3 Å². The smallest absolute Gasteiger partial charge is 0.331 e. The van der Waals surface area contributed by atoms with Gasteiger partial charge in [-0.2, -0.15) is 0 Å². The van der Waals surface area contributed by atoms with Crippen molar-refractivity contribution >= 4 is 5.97 Å². The highest BCUT2D eigenvalue weighted by molar-refractivity contribution is 5.86. The van der Waals surface area contributed by atoms with Gasteiger partial charge in [-0.15, -0.1) is 0 Å². The van der Waals surface area contributed by atoms with Crippen LogP contribution in [0.3, 0.4) is 0 Å². The van der Waals surface area contributed by atoms with E-state index in [1.165, 1.54) is 5.57 Å². The van der Waals surface area contributed by atoms with E-state index in [-0.39, 0.29) is 22.8 Å². The van der Waals surface area contributed by atoms with Crippen LogP contribution in [-0.2, 0) is 4.79 Å². The summed E-state index contributed by atoms with van der Waals surface area (Å²) in [5.41, 5.74) is 1.28. The fraction of sp³-hybridized carbons (Fsp3) is 0.667. The number of allylic oxidation sites excluding steroid dienone is 1. The molecule has 0 saturated heterocycles. The molecule has 3 heteroatoms. The van der Waals surface area contributed by atoms with Gasteiger partial charge in [0.05, 0.1) is 6.10 Å². The normalized spacial score (nSPS) is 40.1. The van der Waals surface area contributed by atoms with Gasteiger partial charge in [-0.05, 0) is 43.9 Å². The zero-order chi connectivity index (χ0) is 13.5. The number of carboxylic acids is 1. The highest BCUT2D eigenvalue weighted by Gasteiger charge is 2.49. The molecular weight excluding hydrogens is 228 g/mol. The van der Waals surface area contributed by atoms with Crippen LogP contribution in [-0.4, -0.2) is 22.3 Å². The Balaban J connectivity index is 2.23. The zero-order valence-corrected chi connectivity index (χ0v) is 11.0. The van der Waals surface area contributed by atoms with Crippen molar-refractivity contribution in [2.75, 3.05) is 0 Å². The van der Waals surface area contributed by atoms with E-state index in [1.807, 2.05) is 0 Å². The Labute approximate surface area is 108 Å². The summed E-state index contributed by atoms with van der Waals surface area (Å²) in [7, 11) is 0. The van der Waals surface area contributed by atoms with Gasteiger partial charge in [-0.1, -0.05) is 25.7 Å². The van der Waals surface area contributed by atoms with E-state index in [4.69, 9.17) is 5.11 Å². The summed E-state index contributed by atoms with van der Waals surface area (Å²) in [6.07, 6.45) is 3.93. The number of aliphatic hydroxyl groups excluding tert-OH is 1. The Hall–Kier alpha value is -1.09. The summed E-state index contributed by atoms with van der Waals surface area (Å²) < 4.78 is 0. The monoisotopic (exact) mass is 250 g/mol. The Kier molecular flexibility index (Phi) is 3.37. The average molecular weight is 250 g/mol. The maximum atomic E-state index is 11.0. The van der Waals surface area contributed by atoms with Crippen LogP contribution in [0.1, 0.15) is 39.0 Å². The van der Waals surface area contributed by atoms with Gasteiger partial charge in [0.1, 0.15) is 0 Å². The fourth-order valence-electron chi connectivity index (χ4n) is 3.72. The van der Waals surface area contributed by atoms with Crippen molar-refractivity contribution in [3.63, 3.8) is 0 Å². The second-order valence-electron chi connectivity index (χ2n) is 6.08. The lowest BCUT2D eigenvalue weighted by Crippen LogP contribution is -2.48. The van der Waals surface area contributed by atoms with Gasteiger partial charge in [0.25, 0.3) is 0 Å². The predicted molar refractivity (Wildman–Crippen MR) is 70.1 cm³/mol. The summed E-state index contributed by atoms with van der Waals surface area (Å²) in [4.78, 5) is 11.0. The maximum absolute atomic E-state index is 11.0. The van der Waals surface area contributed by atoms with Crippen LogP contribution < -0.4 is 0 Å². The van der Waals surface area contributed by atoms with Crippen molar-refractivity contribution in [1.29, 1.82) is 0 Å². The molecule has 0 heterocycles. The molecule has 100 valence electrons. The first-order valence-electron chi connectivity index (χ1n) is 6.64. The Morgan fingerprint density at radius 2 is 2.11 bits per heavy atom. The highest BCUT2D eigenvalue weighted by Crippen LogP contribution is 2.54. The number of hydrogen-bond donors (Lipinski definition) is 2. The van der Waals surface area contributed by atoms with Gasteiger partial charge in [0.2, 0.25) is 0 Å². The molecule has 2 aliphatic carbocycles. The number of carboxylic acid groups (broad SMARTS) is 1. The Morgan fingerprint density at radius 3 is 2.72 bits per heavy atom. The number of fused-ring (bicyclic) bond motifs is 1. The number of rotatable bonds is 2. The van der Waals surface area contributed by atoms with Gasteiger partial charge in [-0.3, -0.25) is 0 Å². The van der Waals surface area contributed by atoms with Crippen LogP contribution >= 0.6 is 0 Å². The van der Waals surface area contributed by atoms with Gasteiger partial charge in [0.15, 0.2) is 0 Å². The second kappa shape index (κ2) is 4.54. The average Bonchev–Trinajstić information content (AvgIpc) is 2.30. The lowest BCUT2D eigenvalue weighted by Gasteiger charge is -2.51. The predicted octanol–water partition coefficient (Wildman–Crippen LogP) is 2.76. The molecule has 0 aliphatic heterocycles. The third-order valence-corrected chi connectivity index (χ3v) is 5.06. The molecule has 18 heavy (non-hydrogen) atoms. The molecule has 2 fully saturated rings. The topological polar surface area (TPSA) is 57.5 Å². The standard InChI is InChI=1S/C15H22O3/c1-9-5-4-6-15(3)12(9)7-11(8-13(15)16)10(2)14(17)18/h11-13,16H,1-2,4-8H2,3H3,(H,17,18)/t11-,12+,13-,15+/m0/s1. The van der Waals surface area contributed by atoms with Crippen LogP contribution in [0.4, 0.5) is 0 Å². The van der Waals surface area contributed by atoms with Crippen molar-refractivity contribution in [1.82, 2.24) is 0 Å². The molecule has 0 aromatic heterocycles. The first kappa shape index (κ1) is 13.3. The van der Waals surface area contributed by atoms with Gasteiger partial charge in [-0.25, -0.2) is 4.79 Å². The molecule has 0 spiro atoms. The van der Waals surface area contributed by atoms with Crippen LogP contribution in [0.5, 0.6) is 0 Å². The molecule has 0 aromatic rings. The van der Waals surface area contributed by atoms with E-state index < -0.39 is 12.1 Å². The largest absolute Gasteiger partial charge is 0.478 e. The Morgan fingerprint density at radius 1 is 1.44 bits per heavy atom. The van der Waals surface area contributed by atoms with Crippen molar-refractivity contribution < 1.29 is 15.0 Å². The molecule has 4 atom stereocenters.